The molecule has 1 saturated carbocycles. The third kappa shape index (κ3) is 1.65. The van der Waals surface area contributed by atoms with Gasteiger partial charge in [-0.1, -0.05) is 13.0 Å². The molecule has 0 saturated heterocycles. The number of Topliss-reactive ketones (excluding diaryl/α,β-unsaturated/α-hetero) is 1. The van der Waals surface area contributed by atoms with Crippen LogP contribution in [0.1, 0.15) is 43.2 Å². The summed E-state index contributed by atoms with van der Waals surface area (Å²) >= 11 is 0. The van der Waals surface area contributed by atoms with Crippen molar-refractivity contribution >= 4 is 16.6 Å². The molecule has 2 aromatic carbocycles. The highest BCUT2D eigenvalue weighted by molar-refractivity contribution is 5.93. The van der Waals surface area contributed by atoms with Crippen LogP contribution in [0, 0.1) is 5.41 Å². The van der Waals surface area contributed by atoms with Crippen molar-refractivity contribution in [3.63, 3.8) is 0 Å². The van der Waals surface area contributed by atoms with E-state index in [4.69, 9.17) is 4.74 Å². The van der Waals surface area contributed by atoms with Crippen LogP contribution >= 0.6 is 0 Å². The summed E-state index contributed by atoms with van der Waals surface area (Å²) in [7, 11) is 1.65. The van der Waals surface area contributed by atoms with Gasteiger partial charge in [-0.3, -0.25) is 4.79 Å². The summed E-state index contributed by atoms with van der Waals surface area (Å²) in [5.41, 5.74) is 1.94. The van der Waals surface area contributed by atoms with E-state index in [2.05, 4.69) is 13.0 Å². The van der Waals surface area contributed by atoms with Crippen molar-refractivity contribution in [1.82, 2.24) is 0 Å². The van der Waals surface area contributed by atoms with E-state index in [-0.39, 0.29) is 11.3 Å². The van der Waals surface area contributed by atoms with Crippen LogP contribution < -0.4 is 4.74 Å². The van der Waals surface area contributed by atoms with Crippen LogP contribution in [0.2, 0.25) is 0 Å². The molecular weight excluding hydrogens is 276 g/mol. The van der Waals surface area contributed by atoms with Crippen molar-refractivity contribution in [2.75, 3.05) is 7.11 Å². The Kier molecular flexibility index (Phi) is 2.77. The SMILES string of the molecule is COc1ccc2c3c(c(O)cc2c1)[C@@H]1CCC(=O)[C@@]1(C)CC3. The van der Waals surface area contributed by atoms with E-state index >= 15 is 0 Å². The number of phenolic OH excluding ortho intramolecular Hbond substituents is 1. The van der Waals surface area contributed by atoms with E-state index < -0.39 is 0 Å². The van der Waals surface area contributed by atoms with E-state index in [1.54, 1.807) is 7.11 Å². The first-order valence-electron chi connectivity index (χ1n) is 7.90. The summed E-state index contributed by atoms with van der Waals surface area (Å²) in [6.07, 6.45) is 3.23. The Morgan fingerprint density at radius 1 is 1.27 bits per heavy atom. The molecule has 0 amide bonds. The smallest absolute Gasteiger partial charge is 0.139 e. The molecule has 2 aliphatic rings. The van der Waals surface area contributed by atoms with Crippen molar-refractivity contribution < 1.29 is 14.6 Å². The summed E-state index contributed by atoms with van der Waals surface area (Å²) in [5.74, 6) is 1.65. The number of methoxy groups -OCH3 is 1. The lowest BCUT2D eigenvalue weighted by Gasteiger charge is -2.37. The van der Waals surface area contributed by atoms with Crippen LogP contribution in [-0.2, 0) is 11.2 Å². The fourth-order valence-corrected chi connectivity index (χ4v) is 4.48. The highest BCUT2D eigenvalue weighted by atomic mass is 16.5. The Labute approximate surface area is 129 Å². The minimum atomic E-state index is -0.287. The van der Waals surface area contributed by atoms with Crippen molar-refractivity contribution in [2.45, 2.75) is 38.5 Å². The fraction of sp³-hybridized carbons (Fsp3) is 0.421. The van der Waals surface area contributed by atoms with Gasteiger partial charge in [0.05, 0.1) is 7.11 Å². The van der Waals surface area contributed by atoms with Gasteiger partial charge in [0.1, 0.15) is 17.3 Å². The van der Waals surface area contributed by atoms with Crippen LogP contribution in [0.3, 0.4) is 0 Å². The molecule has 2 aliphatic carbocycles. The Morgan fingerprint density at radius 3 is 2.86 bits per heavy atom. The van der Waals surface area contributed by atoms with Gasteiger partial charge in [0, 0.05) is 23.3 Å². The van der Waals surface area contributed by atoms with Gasteiger partial charge >= 0.3 is 0 Å². The molecule has 0 aromatic heterocycles. The molecule has 2 aromatic rings. The van der Waals surface area contributed by atoms with Gasteiger partial charge in [-0.05, 0) is 53.8 Å². The maximum Gasteiger partial charge on any atom is 0.139 e. The largest absolute Gasteiger partial charge is 0.508 e. The molecule has 0 heterocycles. The first kappa shape index (κ1) is 13.6. The number of ether oxygens (including phenoxy) is 1. The van der Waals surface area contributed by atoms with Gasteiger partial charge in [-0.15, -0.1) is 0 Å². The average molecular weight is 296 g/mol. The lowest BCUT2D eigenvalue weighted by molar-refractivity contribution is -0.126. The van der Waals surface area contributed by atoms with Gasteiger partial charge < -0.3 is 9.84 Å². The predicted octanol–water partition coefficient (Wildman–Crippen LogP) is 3.95. The van der Waals surface area contributed by atoms with Gasteiger partial charge in [0.25, 0.3) is 0 Å². The van der Waals surface area contributed by atoms with Crippen molar-refractivity contribution in [1.29, 1.82) is 0 Å². The highest BCUT2D eigenvalue weighted by Crippen LogP contribution is 2.56. The first-order valence-corrected chi connectivity index (χ1v) is 7.90. The molecule has 0 bridgehead atoms. The number of fused-ring (bicyclic) bond motifs is 5. The minimum absolute atomic E-state index is 0.162. The Bertz CT molecular complexity index is 793. The summed E-state index contributed by atoms with van der Waals surface area (Å²) in [5, 5.41) is 12.8. The van der Waals surface area contributed by atoms with Crippen LogP contribution in [0.5, 0.6) is 11.5 Å². The van der Waals surface area contributed by atoms with Crippen LogP contribution in [0.25, 0.3) is 10.8 Å². The average Bonchev–Trinajstić information content (AvgIpc) is 2.82. The second-order valence-electron chi connectivity index (χ2n) is 6.81. The number of hydrogen-bond donors (Lipinski definition) is 1. The maximum absolute atomic E-state index is 12.3. The number of rotatable bonds is 1. The Morgan fingerprint density at radius 2 is 2.09 bits per heavy atom. The second-order valence-corrected chi connectivity index (χ2v) is 6.81. The van der Waals surface area contributed by atoms with Crippen LogP contribution in [0.15, 0.2) is 24.3 Å². The summed E-state index contributed by atoms with van der Waals surface area (Å²) in [4.78, 5) is 12.3. The lowest BCUT2D eigenvalue weighted by Crippen LogP contribution is -2.32. The fourth-order valence-electron chi connectivity index (χ4n) is 4.48. The molecular formula is C19H20O3. The number of aromatic hydroxyl groups is 1. The van der Waals surface area contributed by atoms with E-state index in [9.17, 15) is 9.90 Å². The molecule has 3 nitrogen and oxygen atoms in total. The molecule has 0 unspecified atom stereocenters. The zero-order valence-corrected chi connectivity index (χ0v) is 13.0. The molecule has 1 N–H and O–H groups in total. The standard InChI is InChI=1S/C19H20O3/c1-19-8-7-14-13-4-3-12(22-2)9-11(13)10-16(20)18(14)15(19)5-6-17(19)21/h3-4,9-10,15,20H,5-8H2,1-2H3/t15-,19-/m0/s1. The van der Waals surface area contributed by atoms with E-state index in [0.29, 0.717) is 18.0 Å². The molecule has 2 atom stereocenters. The third-order valence-corrected chi connectivity index (χ3v) is 5.79. The minimum Gasteiger partial charge on any atom is -0.508 e. The Balaban J connectivity index is 1.97. The quantitative estimate of drug-likeness (QED) is 0.866. The molecule has 4 rings (SSSR count). The zero-order chi connectivity index (χ0) is 15.5. The highest BCUT2D eigenvalue weighted by Gasteiger charge is 2.50. The Hall–Kier alpha value is -2.03. The molecule has 22 heavy (non-hydrogen) atoms. The predicted molar refractivity (Wildman–Crippen MR) is 85.6 cm³/mol. The van der Waals surface area contributed by atoms with E-state index in [0.717, 1.165) is 36.0 Å². The zero-order valence-electron chi connectivity index (χ0n) is 13.0. The normalized spacial score (nSPS) is 26.8. The second kappa shape index (κ2) is 4.48. The number of phenols is 1. The molecule has 3 heteroatoms. The number of ketones is 1. The molecule has 0 aliphatic heterocycles. The summed E-state index contributed by atoms with van der Waals surface area (Å²) < 4.78 is 5.28. The molecule has 1 fully saturated rings. The number of aryl methyl sites for hydroxylation is 1. The number of hydrogen-bond acceptors (Lipinski definition) is 3. The monoisotopic (exact) mass is 296 g/mol. The molecule has 0 spiro atoms. The van der Waals surface area contributed by atoms with Gasteiger partial charge in [0.2, 0.25) is 0 Å². The number of carbonyl (C=O) groups is 1. The number of benzene rings is 2. The third-order valence-electron chi connectivity index (χ3n) is 5.79. The van der Waals surface area contributed by atoms with E-state index in [1.165, 1.54) is 10.9 Å². The van der Waals surface area contributed by atoms with Gasteiger partial charge in [-0.2, -0.15) is 0 Å². The van der Waals surface area contributed by atoms with Crippen molar-refractivity contribution in [3.05, 3.63) is 35.4 Å². The topological polar surface area (TPSA) is 46.5 Å². The van der Waals surface area contributed by atoms with Crippen molar-refractivity contribution in [2.24, 2.45) is 5.41 Å². The summed E-state index contributed by atoms with van der Waals surface area (Å²) in [6, 6.07) is 7.83. The first-order chi connectivity index (χ1) is 10.5. The summed E-state index contributed by atoms with van der Waals surface area (Å²) in [6.45, 7) is 2.08. The number of carbonyl (C=O) groups excluding carboxylic acids is 1. The molecule has 114 valence electrons. The maximum atomic E-state index is 12.3. The van der Waals surface area contributed by atoms with Gasteiger partial charge in [-0.25, -0.2) is 0 Å². The van der Waals surface area contributed by atoms with E-state index in [1.807, 2.05) is 18.2 Å². The van der Waals surface area contributed by atoms with Crippen molar-refractivity contribution in [3.8, 4) is 11.5 Å². The van der Waals surface area contributed by atoms with Crippen LogP contribution in [0.4, 0.5) is 0 Å². The van der Waals surface area contributed by atoms with Crippen LogP contribution in [-0.4, -0.2) is 18.0 Å². The lowest BCUT2D eigenvalue weighted by atomic mass is 9.65. The molecule has 0 radical (unpaired) electrons. The van der Waals surface area contributed by atoms with Gasteiger partial charge in [0.15, 0.2) is 0 Å².